The average Bonchev–Trinajstić information content (AvgIpc) is 2.62. The molecule has 128 valence electrons. The van der Waals surface area contributed by atoms with Gasteiger partial charge in [-0.1, -0.05) is 32.0 Å². The van der Waals surface area contributed by atoms with Gasteiger partial charge in [-0.25, -0.2) is 0 Å². The standard InChI is InChI=1S/C20H22N4O/c1-15(2)13-23-20(25)16(12-21)14-22-17-8-10-19(11-9-17)24-18-6-4-3-5-7-18/h3-11,14-15,22,24H,13H2,1-2H3,(H,23,25)/b16-14-. The monoisotopic (exact) mass is 334 g/mol. The summed E-state index contributed by atoms with van der Waals surface area (Å²) in [7, 11) is 0. The lowest BCUT2D eigenvalue weighted by Crippen LogP contribution is -2.28. The van der Waals surface area contributed by atoms with Crippen molar-refractivity contribution >= 4 is 23.0 Å². The fourth-order valence-corrected chi connectivity index (χ4v) is 2.03. The molecule has 25 heavy (non-hydrogen) atoms. The molecule has 2 rings (SSSR count). The summed E-state index contributed by atoms with van der Waals surface area (Å²) in [6.45, 7) is 4.54. The van der Waals surface area contributed by atoms with Gasteiger partial charge in [-0.2, -0.15) is 5.26 Å². The maximum atomic E-state index is 11.9. The Labute approximate surface area is 148 Å². The number of carbonyl (C=O) groups excluding carboxylic acids is 1. The van der Waals surface area contributed by atoms with Crippen LogP contribution < -0.4 is 16.0 Å². The highest BCUT2D eigenvalue weighted by atomic mass is 16.1. The van der Waals surface area contributed by atoms with Crippen molar-refractivity contribution in [3.8, 4) is 6.07 Å². The maximum Gasteiger partial charge on any atom is 0.263 e. The summed E-state index contributed by atoms with van der Waals surface area (Å²) in [5.41, 5.74) is 2.81. The van der Waals surface area contributed by atoms with Gasteiger partial charge in [0.25, 0.3) is 5.91 Å². The molecule has 0 fully saturated rings. The number of hydrogen-bond donors (Lipinski definition) is 3. The number of nitriles is 1. The Bertz CT molecular complexity index is 759. The van der Waals surface area contributed by atoms with Gasteiger partial charge >= 0.3 is 0 Å². The van der Waals surface area contributed by atoms with Crippen LogP contribution in [0.2, 0.25) is 0 Å². The molecule has 5 heteroatoms. The largest absolute Gasteiger partial charge is 0.360 e. The first-order valence-corrected chi connectivity index (χ1v) is 8.15. The van der Waals surface area contributed by atoms with Crippen LogP contribution in [0.5, 0.6) is 0 Å². The van der Waals surface area contributed by atoms with Gasteiger partial charge in [0, 0.05) is 29.8 Å². The van der Waals surface area contributed by atoms with Crippen molar-refractivity contribution in [3.05, 3.63) is 66.4 Å². The summed E-state index contributed by atoms with van der Waals surface area (Å²) in [6.07, 6.45) is 1.43. The fourth-order valence-electron chi connectivity index (χ4n) is 2.03. The van der Waals surface area contributed by atoms with Gasteiger partial charge < -0.3 is 16.0 Å². The van der Waals surface area contributed by atoms with Gasteiger partial charge in [0.1, 0.15) is 11.6 Å². The van der Waals surface area contributed by atoms with Gasteiger partial charge in [0.05, 0.1) is 0 Å². The summed E-state index contributed by atoms with van der Waals surface area (Å²) in [5, 5.41) is 18.1. The van der Waals surface area contributed by atoms with Crippen LogP contribution in [0.15, 0.2) is 66.4 Å². The molecule has 0 heterocycles. The van der Waals surface area contributed by atoms with E-state index in [1.165, 1.54) is 6.20 Å². The van der Waals surface area contributed by atoms with E-state index in [2.05, 4.69) is 16.0 Å². The summed E-state index contributed by atoms with van der Waals surface area (Å²) in [6, 6.07) is 19.4. The zero-order valence-corrected chi connectivity index (χ0v) is 14.4. The van der Waals surface area contributed by atoms with E-state index in [9.17, 15) is 4.79 Å². The molecule has 0 saturated heterocycles. The Hall–Kier alpha value is -3.26. The van der Waals surface area contributed by atoms with Crippen LogP contribution in [0, 0.1) is 17.2 Å². The lowest BCUT2D eigenvalue weighted by atomic mass is 10.2. The molecule has 0 spiro atoms. The van der Waals surface area contributed by atoms with Crippen LogP contribution in [0.1, 0.15) is 13.8 Å². The Kier molecular flexibility index (Phi) is 6.61. The van der Waals surface area contributed by atoms with Crippen LogP contribution in [0.3, 0.4) is 0 Å². The highest BCUT2D eigenvalue weighted by molar-refractivity contribution is 5.97. The Morgan fingerprint density at radius 2 is 1.64 bits per heavy atom. The van der Waals surface area contributed by atoms with Crippen LogP contribution in [-0.4, -0.2) is 12.5 Å². The average molecular weight is 334 g/mol. The lowest BCUT2D eigenvalue weighted by molar-refractivity contribution is -0.117. The van der Waals surface area contributed by atoms with E-state index in [0.717, 1.165) is 17.1 Å². The lowest BCUT2D eigenvalue weighted by Gasteiger charge is -2.08. The number of anilines is 3. The Balaban J connectivity index is 1.95. The topological polar surface area (TPSA) is 77.0 Å². The van der Waals surface area contributed by atoms with Crippen molar-refractivity contribution in [2.75, 3.05) is 17.2 Å². The molecule has 0 aliphatic carbocycles. The number of amides is 1. The van der Waals surface area contributed by atoms with E-state index >= 15 is 0 Å². The number of para-hydroxylation sites is 1. The van der Waals surface area contributed by atoms with Crippen molar-refractivity contribution in [1.82, 2.24) is 5.32 Å². The molecular formula is C20H22N4O. The third-order valence-corrected chi connectivity index (χ3v) is 3.37. The van der Waals surface area contributed by atoms with E-state index in [4.69, 9.17) is 5.26 Å². The third kappa shape index (κ3) is 6.04. The Morgan fingerprint density at radius 1 is 1.04 bits per heavy atom. The first-order valence-electron chi connectivity index (χ1n) is 8.15. The molecule has 2 aromatic rings. The summed E-state index contributed by atoms with van der Waals surface area (Å²) < 4.78 is 0. The maximum absolute atomic E-state index is 11.9. The first kappa shape index (κ1) is 18.1. The van der Waals surface area contributed by atoms with Crippen LogP contribution >= 0.6 is 0 Å². The minimum Gasteiger partial charge on any atom is -0.360 e. The van der Waals surface area contributed by atoms with E-state index in [-0.39, 0.29) is 11.5 Å². The van der Waals surface area contributed by atoms with Crippen molar-refractivity contribution < 1.29 is 4.79 Å². The molecular weight excluding hydrogens is 312 g/mol. The second-order valence-electron chi connectivity index (χ2n) is 5.99. The molecule has 0 unspecified atom stereocenters. The van der Waals surface area contributed by atoms with E-state index in [0.29, 0.717) is 12.5 Å². The molecule has 0 aliphatic heterocycles. The van der Waals surface area contributed by atoms with E-state index < -0.39 is 0 Å². The molecule has 5 nitrogen and oxygen atoms in total. The van der Waals surface area contributed by atoms with Gasteiger partial charge in [-0.15, -0.1) is 0 Å². The summed E-state index contributed by atoms with van der Waals surface area (Å²) >= 11 is 0. The number of rotatable bonds is 7. The van der Waals surface area contributed by atoms with Crippen LogP contribution in [-0.2, 0) is 4.79 Å². The van der Waals surface area contributed by atoms with E-state index in [1.54, 1.807) is 0 Å². The zero-order valence-electron chi connectivity index (χ0n) is 14.4. The minimum absolute atomic E-state index is 0.0483. The minimum atomic E-state index is -0.369. The SMILES string of the molecule is CC(C)CNC(=O)/C(C#N)=C\Nc1ccc(Nc2ccccc2)cc1. The molecule has 3 N–H and O–H groups in total. The van der Waals surface area contributed by atoms with Crippen molar-refractivity contribution in [2.24, 2.45) is 5.92 Å². The molecule has 2 aromatic carbocycles. The first-order chi connectivity index (χ1) is 12.1. The number of carbonyl (C=O) groups is 1. The molecule has 0 aliphatic rings. The van der Waals surface area contributed by atoms with Gasteiger partial charge in [0.15, 0.2) is 0 Å². The molecule has 0 atom stereocenters. The van der Waals surface area contributed by atoms with Gasteiger partial charge in [-0.3, -0.25) is 4.79 Å². The van der Waals surface area contributed by atoms with Crippen molar-refractivity contribution in [1.29, 1.82) is 5.26 Å². The van der Waals surface area contributed by atoms with E-state index in [1.807, 2.05) is 74.5 Å². The second-order valence-corrected chi connectivity index (χ2v) is 5.99. The normalized spacial score (nSPS) is 10.9. The van der Waals surface area contributed by atoms with Crippen LogP contribution in [0.4, 0.5) is 17.1 Å². The number of nitrogens with zero attached hydrogens (tertiary/aromatic N) is 1. The van der Waals surface area contributed by atoms with Crippen molar-refractivity contribution in [3.63, 3.8) is 0 Å². The highest BCUT2D eigenvalue weighted by Gasteiger charge is 2.08. The quantitative estimate of drug-likeness (QED) is 0.528. The zero-order chi connectivity index (χ0) is 18.1. The molecule has 0 bridgehead atoms. The second kappa shape index (κ2) is 9.14. The van der Waals surface area contributed by atoms with Gasteiger partial charge in [-0.05, 0) is 42.3 Å². The predicted molar refractivity (Wildman–Crippen MR) is 101 cm³/mol. The smallest absolute Gasteiger partial charge is 0.263 e. The Morgan fingerprint density at radius 3 is 2.24 bits per heavy atom. The number of nitrogens with one attached hydrogen (secondary N) is 3. The van der Waals surface area contributed by atoms with Crippen molar-refractivity contribution in [2.45, 2.75) is 13.8 Å². The molecule has 0 radical (unpaired) electrons. The van der Waals surface area contributed by atoms with Crippen LogP contribution in [0.25, 0.3) is 0 Å². The molecule has 0 saturated carbocycles. The van der Waals surface area contributed by atoms with Gasteiger partial charge in [0.2, 0.25) is 0 Å². The number of hydrogen-bond acceptors (Lipinski definition) is 4. The number of benzene rings is 2. The predicted octanol–water partition coefficient (Wildman–Crippen LogP) is 4.02. The molecule has 1 amide bonds. The fraction of sp³-hybridized carbons (Fsp3) is 0.200. The summed E-state index contributed by atoms with van der Waals surface area (Å²) in [5.74, 6) is -0.0347. The summed E-state index contributed by atoms with van der Waals surface area (Å²) in [4.78, 5) is 11.9. The highest BCUT2D eigenvalue weighted by Crippen LogP contribution is 2.18. The molecule has 0 aromatic heterocycles. The third-order valence-electron chi connectivity index (χ3n) is 3.37.